The van der Waals surface area contributed by atoms with Gasteiger partial charge in [-0.3, -0.25) is 9.62 Å². The van der Waals surface area contributed by atoms with Crippen LogP contribution in [-0.2, 0) is 10.0 Å². The van der Waals surface area contributed by atoms with E-state index in [0.29, 0.717) is 34.0 Å². The van der Waals surface area contributed by atoms with Crippen molar-refractivity contribution >= 4 is 67.4 Å². The summed E-state index contributed by atoms with van der Waals surface area (Å²) in [6.45, 7) is 4.40. The van der Waals surface area contributed by atoms with Crippen molar-refractivity contribution in [3.05, 3.63) is 63.7 Å². The van der Waals surface area contributed by atoms with Crippen molar-refractivity contribution in [2.45, 2.75) is 42.7 Å². The van der Waals surface area contributed by atoms with Gasteiger partial charge in [0.15, 0.2) is 0 Å². The number of nitrogen functional groups attached to an aromatic ring is 1. The van der Waals surface area contributed by atoms with Gasteiger partial charge >= 0.3 is 0 Å². The molecule has 2 aliphatic rings. The van der Waals surface area contributed by atoms with E-state index in [1.165, 1.54) is 30.6 Å². The smallest absolute Gasteiger partial charge is 0.264 e. The van der Waals surface area contributed by atoms with Crippen molar-refractivity contribution in [1.29, 1.82) is 0 Å². The van der Waals surface area contributed by atoms with Gasteiger partial charge in [-0.15, -0.1) is 0 Å². The number of hydrogen-bond donors (Lipinski definition) is 2. The third-order valence-electron chi connectivity index (χ3n) is 8.51. The van der Waals surface area contributed by atoms with Gasteiger partial charge in [0.1, 0.15) is 28.5 Å². The lowest BCUT2D eigenvalue weighted by atomic mass is 9.89. The number of hydrogen-bond acceptors (Lipinski definition) is 7. The Labute approximate surface area is 264 Å². The van der Waals surface area contributed by atoms with Gasteiger partial charge < -0.3 is 15.2 Å². The molecule has 3 heterocycles. The van der Waals surface area contributed by atoms with E-state index in [0.717, 1.165) is 51.9 Å². The molecule has 1 aliphatic carbocycles. The molecule has 1 aliphatic heterocycles. The van der Waals surface area contributed by atoms with Crippen LogP contribution in [0.15, 0.2) is 47.8 Å². The number of nitrogens with two attached hydrogens (primary N) is 1. The summed E-state index contributed by atoms with van der Waals surface area (Å²) < 4.78 is 46.0. The highest BCUT2D eigenvalue weighted by atomic mass is 35.5. The average Bonchev–Trinajstić information content (AvgIpc) is 3.35. The summed E-state index contributed by atoms with van der Waals surface area (Å²) in [6, 6.07) is 7.55. The summed E-state index contributed by atoms with van der Waals surface area (Å²) in [5.41, 5.74) is 7.95. The van der Waals surface area contributed by atoms with E-state index < -0.39 is 15.8 Å². The van der Waals surface area contributed by atoms with Crippen LogP contribution in [0.2, 0.25) is 15.1 Å². The molecule has 9 nitrogen and oxygen atoms in total. The number of aromatic nitrogens is 3. The molecular weight excluding hydrogens is 636 g/mol. The first-order valence-electron chi connectivity index (χ1n) is 14.0. The zero-order chi connectivity index (χ0) is 30.5. The number of anilines is 2. The van der Waals surface area contributed by atoms with Crippen molar-refractivity contribution in [2.24, 2.45) is 0 Å². The van der Waals surface area contributed by atoms with Gasteiger partial charge in [0, 0.05) is 55.0 Å². The van der Waals surface area contributed by atoms with E-state index in [2.05, 4.69) is 36.1 Å². The molecule has 0 spiro atoms. The molecule has 2 aromatic carbocycles. The van der Waals surface area contributed by atoms with E-state index in [1.54, 1.807) is 6.07 Å². The van der Waals surface area contributed by atoms with Gasteiger partial charge in [-0.05, 0) is 62.6 Å². The van der Waals surface area contributed by atoms with Crippen molar-refractivity contribution < 1.29 is 12.8 Å². The molecule has 4 aromatic rings. The standard InChI is InChI=1S/C29H31Cl3FN7O2S/c1-38-8-10-39(11-9-38)19-3-5-20(6-4-19)40-15-21(26-28(34)35-16-36-29(26)40)17-2-7-25(24(33)12-17)37-43(41,42)27-22(31)13-18(30)14-23(27)32/h2,7,12-16,19-20,37H,3-6,8-11H2,1H3,(H2,34,35,36). The lowest BCUT2D eigenvalue weighted by molar-refractivity contribution is 0.0828. The van der Waals surface area contributed by atoms with Gasteiger partial charge in [-0.2, -0.15) is 0 Å². The molecule has 14 heteroatoms. The molecule has 0 atom stereocenters. The number of piperazine rings is 1. The topological polar surface area (TPSA) is 109 Å². The predicted octanol–water partition coefficient (Wildman–Crippen LogP) is 6.31. The van der Waals surface area contributed by atoms with Crippen LogP contribution in [0.3, 0.4) is 0 Å². The largest absolute Gasteiger partial charge is 0.383 e. The van der Waals surface area contributed by atoms with Crippen LogP contribution in [0.25, 0.3) is 22.2 Å². The molecule has 43 heavy (non-hydrogen) atoms. The van der Waals surface area contributed by atoms with Gasteiger partial charge in [0.2, 0.25) is 0 Å². The summed E-state index contributed by atoms with van der Waals surface area (Å²) in [7, 11) is -2.15. The fourth-order valence-electron chi connectivity index (χ4n) is 6.24. The van der Waals surface area contributed by atoms with Gasteiger partial charge in [0.25, 0.3) is 10.0 Å². The lowest BCUT2D eigenvalue weighted by Gasteiger charge is -2.41. The summed E-state index contributed by atoms with van der Waals surface area (Å²) in [4.78, 5) is 13.4. The van der Waals surface area contributed by atoms with Crippen LogP contribution in [-0.4, -0.2) is 72.0 Å². The zero-order valence-electron chi connectivity index (χ0n) is 23.4. The Balaban J connectivity index is 1.27. The second kappa shape index (κ2) is 12.0. The maximum absolute atomic E-state index is 15.5. The predicted molar refractivity (Wildman–Crippen MR) is 170 cm³/mol. The minimum Gasteiger partial charge on any atom is -0.383 e. The highest BCUT2D eigenvalue weighted by molar-refractivity contribution is 7.93. The Morgan fingerprint density at radius 1 is 0.953 bits per heavy atom. The number of fused-ring (bicyclic) bond motifs is 1. The monoisotopic (exact) mass is 665 g/mol. The number of nitrogens with one attached hydrogen (secondary N) is 1. The molecule has 2 aromatic heterocycles. The number of nitrogens with zero attached hydrogens (tertiary/aromatic N) is 5. The van der Waals surface area contributed by atoms with Crippen LogP contribution in [0.1, 0.15) is 31.7 Å². The Bertz CT molecular complexity index is 1760. The minimum atomic E-state index is -4.32. The molecule has 3 N–H and O–H groups in total. The fraction of sp³-hybridized carbons (Fsp3) is 0.379. The van der Waals surface area contributed by atoms with Crippen LogP contribution in [0, 0.1) is 5.82 Å². The molecule has 6 rings (SSSR count). The van der Waals surface area contributed by atoms with Gasteiger partial charge in [-0.25, -0.2) is 22.8 Å². The first-order chi connectivity index (χ1) is 20.5. The second-order valence-electron chi connectivity index (χ2n) is 11.2. The van der Waals surface area contributed by atoms with Crippen molar-refractivity contribution in [3.63, 3.8) is 0 Å². The SMILES string of the molecule is CN1CCN(C2CCC(n3cc(-c4ccc(NS(=O)(=O)c5c(Cl)cc(Cl)cc5Cl)c(F)c4)c4c(N)ncnc43)CC2)CC1. The quantitative estimate of drug-likeness (QED) is 0.248. The Morgan fingerprint density at radius 3 is 2.26 bits per heavy atom. The molecule has 0 radical (unpaired) electrons. The Kier molecular flexibility index (Phi) is 8.49. The van der Waals surface area contributed by atoms with Crippen molar-refractivity contribution in [1.82, 2.24) is 24.3 Å². The number of halogens is 4. The van der Waals surface area contributed by atoms with Gasteiger partial charge in [-0.1, -0.05) is 40.9 Å². The van der Waals surface area contributed by atoms with Crippen LogP contribution >= 0.6 is 34.8 Å². The number of sulfonamides is 1. The van der Waals surface area contributed by atoms with E-state index in [1.807, 2.05) is 6.20 Å². The number of likely N-dealkylation sites (N-methyl/N-ethyl adjacent to an activating group) is 1. The maximum atomic E-state index is 15.5. The first kappa shape index (κ1) is 30.4. The van der Waals surface area contributed by atoms with E-state index >= 15 is 4.39 Å². The highest BCUT2D eigenvalue weighted by Crippen LogP contribution is 2.40. The van der Waals surface area contributed by atoms with Crippen LogP contribution < -0.4 is 10.5 Å². The number of rotatable bonds is 6. The maximum Gasteiger partial charge on any atom is 0.264 e. The minimum absolute atomic E-state index is 0.176. The van der Waals surface area contributed by atoms with Gasteiger partial charge in [0.05, 0.1) is 21.1 Å². The van der Waals surface area contributed by atoms with Crippen LogP contribution in [0.4, 0.5) is 15.9 Å². The second-order valence-corrected chi connectivity index (χ2v) is 14.1. The van der Waals surface area contributed by atoms with E-state index in [-0.39, 0.29) is 31.7 Å². The molecular formula is C29H31Cl3FN7O2S. The lowest BCUT2D eigenvalue weighted by Crippen LogP contribution is -2.49. The highest BCUT2D eigenvalue weighted by Gasteiger charge is 2.30. The average molecular weight is 667 g/mol. The molecule has 1 saturated heterocycles. The van der Waals surface area contributed by atoms with Crippen molar-refractivity contribution in [3.8, 4) is 11.1 Å². The summed E-state index contributed by atoms with van der Waals surface area (Å²) >= 11 is 18.1. The first-order valence-corrected chi connectivity index (χ1v) is 16.6. The molecule has 0 amide bonds. The third kappa shape index (κ3) is 6.03. The Hall–Kier alpha value is -2.67. The van der Waals surface area contributed by atoms with Crippen molar-refractivity contribution in [2.75, 3.05) is 43.7 Å². The molecule has 0 unspecified atom stereocenters. The van der Waals surface area contributed by atoms with Crippen LogP contribution in [0.5, 0.6) is 0 Å². The summed E-state index contributed by atoms with van der Waals surface area (Å²) in [5.74, 6) is -0.492. The molecule has 228 valence electrons. The number of benzene rings is 2. The molecule has 1 saturated carbocycles. The zero-order valence-corrected chi connectivity index (χ0v) is 26.5. The summed E-state index contributed by atoms with van der Waals surface area (Å²) in [6.07, 6.45) is 7.58. The fourth-order valence-corrected chi connectivity index (χ4v) is 8.86. The Morgan fingerprint density at radius 2 is 1.60 bits per heavy atom. The van der Waals surface area contributed by atoms with E-state index in [4.69, 9.17) is 40.5 Å². The van der Waals surface area contributed by atoms with E-state index in [9.17, 15) is 8.42 Å². The summed E-state index contributed by atoms with van der Waals surface area (Å²) in [5, 5.41) is 0.455. The molecule has 2 fully saturated rings. The normalized spacial score (nSPS) is 20.5. The third-order valence-corrected chi connectivity index (χ3v) is 11.0. The molecule has 0 bridgehead atoms.